The molecule has 3 aromatic rings. The largest absolute Gasteiger partial charge is 0.404 e. The van der Waals surface area contributed by atoms with E-state index in [0.717, 1.165) is 27.2 Å². The highest BCUT2D eigenvalue weighted by atomic mass is 32.1. The maximum Gasteiger partial charge on any atom is 0.319 e. The number of amides is 2. The van der Waals surface area contributed by atoms with Gasteiger partial charge in [0.2, 0.25) is 0 Å². The lowest BCUT2D eigenvalue weighted by Gasteiger charge is -2.08. The van der Waals surface area contributed by atoms with Crippen molar-refractivity contribution >= 4 is 29.3 Å². The topological polar surface area (TPSA) is 104 Å². The van der Waals surface area contributed by atoms with Crippen LogP contribution in [0.25, 0.3) is 21.0 Å². The summed E-state index contributed by atoms with van der Waals surface area (Å²) in [5, 5.41) is 13.4. The van der Waals surface area contributed by atoms with Gasteiger partial charge in [-0.3, -0.25) is 0 Å². The highest BCUT2D eigenvalue weighted by molar-refractivity contribution is 7.18. The normalized spacial score (nSPS) is 11.0. The van der Waals surface area contributed by atoms with Crippen molar-refractivity contribution in [3.05, 3.63) is 72.6 Å². The second-order valence-corrected chi connectivity index (χ2v) is 6.70. The molecule has 1 heterocycles. The van der Waals surface area contributed by atoms with Gasteiger partial charge in [0.1, 0.15) is 5.01 Å². The predicted molar refractivity (Wildman–Crippen MR) is 111 cm³/mol. The molecule has 0 aliphatic carbocycles. The highest BCUT2D eigenvalue weighted by Gasteiger charge is 2.07. The molecule has 0 unspecified atom stereocenters. The Morgan fingerprint density at radius 3 is 2.52 bits per heavy atom. The van der Waals surface area contributed by atoms with E-state index in [1.54, 1.807) is 11.3 Å². The summed E-state index contributed by atoms with van der Waals surface area (Å²) in [6.45, 7) is 0.200. The first kappa shape index (κ1) is 18.3. The van der Waals surface area contributed by atoms with Gasteiger partial charge < -0.3 is 21.8 Å². The number of urea groups is 1. The third-order valence-electron chi connectivity index (χ3n) is 3.81. The minimum atomic E-state index is -0.357. The number of thiazole rings is 1. The van der Waals surface area contributed by atoms with Gasteiger partial charge in [0, 0.05) is 42.0 Å². The first-order valence-corrected chi connectivity index (χ1v) is 9.09. The number of carbonyl (C=O) groups is 1. The number of rotatable bonds is 6. The first-order valence-electron chi connectivity index (χ1n) is 8.27. The van der Waals surface area contributed by atoms with Crippen molar-refractivity contribution in [1.29, 1.82) is 5.41 Å². The molecule has 0 fully saturated rings. The molecular weight excluding hydrogens is 358 g/mol. The van der Waals surface area contributed by atoms with Crippen molar-refractivity contribution < 1.29 is 4.79 Å². The third kappa shape index (κ3) is 4.80. The average molecular weight is 377 g/mol. The van der Waals surface area contributed by atoms with Gasteiger partial charge in [-0.1, -0.05) is 30.3 Å². The van der Waals surface area contributed by atoms with Crippen LogP contribution in [0.15, 0.2) is 72.6 Å². The fourth-order valence-corrected chi connectivity index (χ4v) is 3.28. The van der Waals surface area contributed by atoms with E-state index >= 15 is 0 Å². The van der Waals surface area contributed by atoms with Crippen LogP contribution in [0.5, 0.6) is 0 Å². The van der Waals surface area contributed by atoms with E-state index < -0.39 is 0 Å². The van der Waals surface area contributed by atoms with Crippen LogP contribution in [0.3, 0.4) is 0 Å². The Bertz CT molecular complexity index is 948. The Kier molecular flexibility index (Phi) is 5.96. The second kappa shape index (κ2) is 8.77. The van der Waals surface area contributed by atoms with E-state index in [2.05, 4.69) is 27.8 Å². The van der Waals surface area contributed by atoms with Crippen molar-refractivity contribution in [2.45, 2.75) is 0 Å². The molecule has 3 rings (SSSR count). The number of hydrogen-bond acceptors (Lipinski definition) is 5. The van der Waals surface area contributed by atoms with Crippen LogP contribution in [-0.4, -0.2) is 23.8 Å². The van der Waals surface area contributed by atoms with Crippen molar-refractivity contribution in [3.8, 4) is 21.0 Å². The summed E-state index contributed by atoms with van der Waals surface area (Å²) in [5.41, 5.74) is 8.68. The molecule has 2 aromatic carbocycles. The van der Waals surface area contributed by atoms with Crippen LogP contribution in [0.2, 0.25) is 0 Å². The van der Waals surface area contributed by atoms with Gasteiger partial charge in [-0.2, -0.15) is 0 Å². The van der Waals surface area contributed by atoms with E-state index in [4.69, 9.17) is 11.1 Å². The van der Waals surface area contributed by atoms with Gasteiger partial charge >= 0.3 is 6.03 Å². The molecule has 0 spiro atoms. The number of anilines is 1. The maximum absolute atomic E-state index is 11.9. The van der Waals surface area contributed by atoms with Crippen molar-refractivity contribution in [1.82, 2.24) is 10.3 Å². The number of benzene rings is 2. The molecular formula is C20H19N5OS. The van der Waals surface area contributed by atoms with E-state index in [1.165, 1.54) is 6.20 Å². The molecule has 0 atom stereocenters. The molecule has 0 saturated heterocycles. The van der Waals surface area contributed by atoms with Crippen LogP contribution in [0.1, 0.15) is 0 Å². The van der Waals surface area contributed by atoms with E-state index in [9.17, 15) is 4.79 Å². The second-order valence-electron chi connectivity index (χ2n) is 5.67. The maximum atomic E-state index is 11.9. The van der Waals surface area contributed by atoms with Gasteiger partial charge in [0.15, 0.2) is 0 Å². The Morgan fingerprint density at radius 2 is 1.85 bits per heavy atom. The Hall–Kier alpha value is -3.45. The van der Waals surface area contributed by atoms with Crippen LogP contribution in [-0.2, 0) is 0 Å². The fraction of sp³-hybridized carbons (Fsp3) is 0.0500. The van der Waals surface area contributed by atoms with E-state index in [-0.39, 0.29) is 12.6 Å². The molecule has 136 valence electrons. The summed E-state index contributed by atoms with van der Waals surface area (Å²) in [7, 11) is 0. The molecule has 0 bridgehead atoms. The minimum absolute atomic E-state index is 0.200. The number of hydrogen-bond donors (Lipinski definition) is 4. The zero-order valence-electron chi connectivity index (χ0n) is 14.5. The van der Waals surface area contributed by atoms with Crippen molar-refractivity contribution in [2.24, 2.45) is 5.73 Å². The summed E-state index contributed by atoms with van der Waals surface area (Å²) < 4.78 is 0. The number of nitrogens with zero attached hydrogens (tertiary/aromatic N) is 1. The minimum Gasteiger partial charge on any atom is -0.404 e. The molecule has 6 nitrogen and oxygen atoms in total. The number of nitrogens with two attached hydrogens (primary N) is 1. The smallest absolute Gasteiger partial charge is 0.319 e. The van der Waals surface area contributed by atoms with Gasteiger partial charge in [-0.15, -0.1) is 11.3 Å². The molecule has 27 heavy (non-hydrogen) atoms. The summed E-state index contributed by atoms with van der Waals surface area (Å²) in [6, 6.07) is 17.3. The fourth-order valence-electron chi connectivity index (χ4n) is 2.36. The van der Waals surface area contributed by atoms with Crippen molar-refractivity contribution in [2.75, 3.05) is 11.9 Å². The SMILES string of the molecule is N=C/C(=C\N)CNC(=O)Nc1ccc(-c2ncc(-c3ccccc3)s2)cc1. The lowest BCUT2D eigenvalue weighted by atomic mass is 10.2. The van der Waals surface area contributed by atoms with Gasteiger partial charge in [0.25, 0.3) is 0 Å². The Morgan fingerprint density at radius 1 is 1.11 bits per heavy atom. The molecule has 0 aliphatic rings. The average Bonchev–Trinajstić information content (AvgIpc) is 3.20. The van der Waals surface area contributed by atoms with Crippen LogP contribution in [0.4, 0.5) is 10.5 Å². The predicted octanol–water partition coefficient (Wildman–Crippen LogP) is 4.09. The summed E-state index contributed by atoms with van der Waals surface area (Å²) in [5.74, 6) is 0. The van der Waals surface area contributed by atoms with Crippen LogP contribution in [0, 0.1) is 5.41 Å². The van der Waals surface area contributed by atoms with Crippen molar-refractivity contribution in [3.63, 3.8) is 0 Å². The van der Waals surface area contributed by atoms with Gasteiger partial charge in [-0.05, 0) is 29.8 Å². The first-order chi connectivity index (χ1) is 13.2. The van der Waals surface area contributed by atoms with Crippen LogP contribution >= 0.6 is 11.3 Å². The molecule has 0 saturated carbocycles. The third-order valence-corrected chi connectivity index (χ3v) is 4.90. The molecule has 2 amide bonds. The molecule has 0 aliphatic heterocycles. The monoisotopic (exact) mass is 377 g/mol. The lowest BCUT2D eigenvalue weighted by Crippen LogP contribution is -2.30. The molecule has 1 aromatic heterocycles. The standard InChI is InChI=1S/C20H19N5OS/c21-10-14(11-22)12-24-20(26)25-17-8-6-16(7-9-17)19-23-13-18(27-19)15-4-2-1-3-5-15/h1-11,13,21H,12,22H2,(H2,24,25,26)/b14-11+,21-10?. The van der Waals surface area contributed by atoms with E-state index in [1.807, 2.05) is 48.7 Å². The molecule has 5 N–H and O–H groups in total. The van der Waals surface area contributed by atoms with Gasteiger partial charge in [-0.25, -0.2) is 9.78 Å². The zero-order valence-corrected chi connectivity index (χ0v) is 15.3. The number of carbonyl (C=O) groups excluding carboxylic acids is 1. The molecule has 0 radical (unpaired) electrons. The Balaban J connectivity index is 1.63. The van der Waals surface area contributed by atoms with E-state index in [0.29, 0.717) is 11.3 Å². The molecule has 7 heteroatoms. The van der Waals surface area contributed by atoms with Gasteiger partial charge in [0.05, 0.1) is 4.88 Å². The zero-order chi connectivity index (χ0) is 19.1. The summed E-state index contributed by atoms with van der Waals surface area (Å²) >= 11 is 1.63. The van der Waals surface area contributed by atoms with Crippen LogP contribution < -0.4 is 16.4 Å². The highest BCUT2D eigenvalue weighted by Crippen LogP contribution is 2.32. The quantitative estimate of drug-likeness (QED) is 0.486. The number of aromatic nitrogens is 1. The summed E-state index contributed by atoms with van der Waals surface area (Å²) in [6.07, 6.45) is 4.27. The summed E-state index contributed by atoms with van der Waals surface area (Å²) in [4.78, 5) is 17.5. The number of nitrogens with one attached hydrogen (secondary N) is 3. The Labute approximate surface area is 161 Å². The lowest BCUT2D eigenvalue weighted by molar-refractivity contribution is 0.253.